The summed E-state index contributed by atoms with van der Waals surface area (Å²) in [5.74, 6) is 2.10. The number of pyridine rings is 1. The van der Waals surface area contributed by atoms with Crippen molar-refractivity contribution in [2.75, 3.05) is 0 Å². The summed E-state index contributed by atoms with van der Waals surface area (Å²) in [5.41, 5.74) is 6.60. The summed E-state index contributed by atoms with van der Waals surface area (Å²) in [5, 5.41) is 6.22. The molecule has 1 aromatic carbocycles. The molecule has 0 saturated carbocycles. The second-order valence-electron chi connectivity index (χ2n) is 7.71. The topological polar surface area (TPSA) is 86.9 Å². The first-order valence-corrected chi connectivity index (χ1v) is 11.2. The smallest absolute Gasteiger partial charge is 0.257 e. The van der Waals surface area contributed by atoms with Crippen LogP contribution >= 0.6 is 11.8 Å². The van der Waals surface area contributed by atoms with E-state index in [4.69, 9.17) is 14.4 Å². The molecular weight excluding hydrogens is 422 g/mol. The monoisotopic (exact) mass is 441 g/mol. The summed E-state index contributed by atoms with van der Waals surface area (Å²) in [7, 11) is 0. The predicted molar refractivity (Wildman–Crippen MR) is 123 cm³/mol. The van der Waals surface area contributed by atoms with E-state index in [2.05, 4.69) is 46.5 Å². The van der Waals surface area contributed by atoms with E-state index in [1.807, 2.05) is 36.5 Å². The van der Waals surface area contributed by atoms with Gasteiger partial charge in [-0.25, -0.2) is 24.5 Å². The molecule has 8 nitrogen and oxygen atoms in total. The van der Waals surface area contributed by atoms with E-state index in [1.165, 1.54) is 11.8 Å². The van der Waals surface area contributed by atoms with Crippen molar-refractivity contribution in [3.63, 3.8) is 0 Å². The normalized spacial score (nSPS) is 11.8. The van der Waals surface area contributed by atoms with Crippen LogP contribution in [0.15, 0.2) is 58.6 Å². The van der Waals surface area contributed by atoms with Gasteiger partial charge in [0.15, 0.2) is 22.7 Å². The summed E-state index contributed by atoms with van der Waals surface area (Å²) in [6, 6.07) is 11.8. The quantitative estimate of drug-likeness (QED) is 0.362. The van der Waals surface area contributed by atoms with Crippen molar-refractivity contribution < 1.29 is 4.42 Å². The molecule has 9 heteroatoms. The van der Waals surface area contributed by atoms with Crippen LogP contribution in [0.3, 0.4) is 0 Å². The highest BCUT2D eigenvalue weighted by Gasteiger charge is 2.20. The average molecular weight is 442 g/mol. The van der Waals surface area contributed by atoms with Crippen molar-refractivity contribution in [1.29, 1.82) is 0 Å². The Morgan fingerprint density at radius 3 is 2.72 bits per heavy atom. The number of nitrogens with zero attached hydrogens (tertiary/aromatic N) is 7. The van der Waals surface area contributed by atoms with Gasteiger partial charge in [0.05, 0.1) is 11.1 Å². The molecule has 0 atom stereocenters. The van der Waals surface area contributed by atoms with Crippen LogP contribution in [0.5, 0.6) is 0 Å². The molecule has 5 aromatic heterocycles. The fourth-order valence-electron chi connectivity index (χ4n) is 3.93. The van der Waals surface area contributed by atoms with E-state index in [0.717, 1.165) is 50.4 Å². The van der Waals surface area contributed by atoms with Crippen molar-refractivity contribution in [2.45, 2.75) is 31.7 Å². The summed E-state index contributed by atoms with van der Waals surface area (Å²) in [6.07, 6.45) is 3.53. The maximum atomic E-state index is 5.80. The molecule has 0 amide bonds. The van der Waals surface area contributed by atoms with Gasteiger partial charge in [-0.2, -0.15) is 0 Å². The number of aromatic nitrogens is 7. The summed E-state index contributed by atoms with van der Waals surface area (Å²) < 4.78 is 9.62. The number of benzene rings is 1. The Labute approximate surface area is 187 Å². The minimum atomic E-state index is 0.550. The lowest BCUT2D eigenvalue weighted by Crippen LogP contribution is -2.01. The van der Waals surface area contributed by atoms with Crippen molar-refractivity contribution >= 4 is 39.5 Å². The average Bonchev–Trinajstić information content (AvgIpc) is 3.46. The second kappa shape index (κ2) is 7.16. The molecule has 0 aliphatic rings. The zero-order valence-electron chi connectivity index (χ0n) is 17.8. The van der Waals surface area contributed by atoms with Crippen molar-refractivity contribution in [2.24, 2.45) is 0 Å². The van der Waals surface area contributed by atoms with E-state index in [-0.39, 0.29) is 0 Å². The van der Waals surface area contributed by atoms with Crippen LogP contribution in [-0.2, 0) is 5.75 Å². The number of aryl methyl sites for hydroxylation is 2. The SMILES string of the molecule is Cc1ccnc(-n2c(C)c(C)c3c2ncn2nc(CSc4nc5ccccc5o4)nc32)c1. The summed E-state index contributed by atoms with van der Waals surface area (Å²) in [6.45, 7) is 6.23. The van der Waals surface area contributed by atoms with Gasteiger partial charge in [0.2, 0.25) is 0 Å². The Bertz CT molecular complexity index is 1600. The number of thioether (sulfide) groups is 1. The van der Waals surface area contributed by atoms with Gasteiger partial charge in [0.25, 0.3) is 5.22 Å². The van der Waals surface area contributed by atoms with Crippen molar-refractivity contribution in [3.8, 4) is 5.82 Å². The standard InChI is InChI=1S/C23H19N7OS/c1-13-8-9-24-19(10-13)30-15(3)14(2)20-21(30)25-12-29-22(20)27-18(28-29)11-32-23-26-16-6-4-5-7-17(16)31-23/h4-10,12H,11H2,1-3H3. The third-order valence-corrected chi connectivity index (χ3v) is 6.43. The lowest BCUT2D eigenvalue weighted by atomic mass is 10.2. The zero-order valence-corrected chi connectivity index (χ0v) is 18.6. The molecular formula is C23H19N7OS. The molecule has 0 bridgehead atoms. The lowest BCUT2D eigenvalue weighted by molar-refractivity contribution is 0.489. The zero-order chi connectivity index (χ0) is 21.8. The van der Waals surface area contributed by atoms with Gasteiger partial charge in [-0.15, -0.1) is 5.10 Å². The maximum absolute atomic E-state index is 5.80. The minimum absolute atomic E-state index is 0.550. The highest BCUT2D eigenvalue weighted by Crippen LogP contribution is 2.30. The summed E-state index contributed by atoms with van der Waals surface area (Å²) in [4.78, 5) is 18.6. The number of oxazole rings is 1. The number of fused-ring (bicyclic) bond motifs is 4. The third-order valence-electron chi connectivity index (χ3n) is 5.61. The van der Waals surface area contributed by atoms with Crippen LogP contribution in [0.4, 0.5) is 0 Å². The predicted octanol–water partition coefficient (Wildman–Crippen LogP) is 4.82. The van der Waals surface area contributed by atoms with E-state index in [0.29, 0.717) is 16.8 Å². The Hall–Kier alpha value is -3.72. The fraction of sp³-hybridized carbons (Fsp3) is 0.174. The van der Waals surface area contributed by atoms with Gasteiger partial charge in [0.1, 0.15) is 17.7 Å². The maximum Gasteiger partial charge on any atom is 0.257 e. The van der Waals surface area contributed by atoms with Gasteiger partial charge in [-0.1, -0.05) is 23.9 Å². The first kappa shape index (κ1) is 19.0. The van der Waals surface area contributed by atoms with Crippen LogP contribution in [-0.4, -0.2) is 34.1 Å². The molecule has 0 unspecified atom stereocenters. The van der Waals surface area contributed by atoms with Gasteiger partial charge in [-0.3, -0.25) is 4.57 Å². The van der Waals surface area contributed by atoms with E-state index < -0.39 is 0 Å². The van der Waals surface area contributed by atoms with Gasteiger partial charge < -0.3 is 4.42 Å². The van der Waals surface area contributed by atoms with Gasteiger partial charge in [-0.05, 0) is 56.2 Å². The molecule has 6 rings (SSSR count). The Morgan fingerprint density at radius 2 is 1.88 bits per heavy atom. The fourth-order valence-corrected chi connectivity index (χ4v) is 4.61. The molecule has 32 heavy (non-hydrogen) atoms. The third kappa shape index (κ3) is 2.96. The molecule has 0 fully saturated rings. The highest BCUT2D eigenvalue weighted by atomic mass is 32.2. The number of hydrogen-bond acceptors (Lipinski definition) is 7. The van der Waals surface area contributed by atoms with Crippen LogP contribution in [0, 0.1) is 20.8 Å². The van der Waals surface area contributed by atoms with Crippen molar-refractivity contribution in [3.05, 3.63) is 71.6 Å². The van der Waals surface area contributed by atoms with Crippen LogP contribution in [0.25, 0.3) is 33.6 Å². The van der Waals surface area contributed by atoms with E-state index in [9.17, 15) is 0 Å². The summed E-state index contributed by atoms with van der Waals surface area (Å²) >= 11 is 1.48. The Morgan fingerprint density at radius 1 is 1.00 bits per heavy atom. The van der Waals surface area contributed by atoms with E-state index in [1.54, 1.807) is 10.8 Å². The van der Waals surface area contributed by atoms with Crippen molar-refractivity contribution in [1.82, 2.24) is 34.1 Å². The second-order valence-corrected chi connectivity index (χ2v) is 8.64. The number of para-hydroxylation sites is 2. The molecule has 0 aliphatic heterocycles. The van der Waals surface area contributed by atoms with Crippen LogP contribution in [0.2, 0.25) is 0 Å². The first-order valence-electron chi connectivity index (χ1n) is 10.2. The lowest BCUT2D eigenvalue weighted by Gasteiger charge is -2.07. The number of hydrogen-bond donors (Lipinski definition) is 0. The molecule has 0 spiro atoms. The number of rotatable bonds is 4. The first-order chi connectivity index (χ1) is 15.6. The highest BCUT2D eigenvalue weighted by molar-refractivity contribution is 7.98. The Balaban J connectivity index is 1.40. The molecule has 5 heterocycles. The Kier molecular flexibility index (Phi) is 4.25. The minimum Gasteiger partial charge on any atom is -0.431 e. The largest absolute Gasteiger partial charge is 0.431 e. The molecule has 0 saturated heterocycles. The molecule has 0 N–H and O–H groups in total. The molecule has 0 aliphatic carbocycles. The van der Waals surface area contributed by atoms with Gasteiger partial charge in [0, 0.05) is 11.9 Å². The molecule has 0 radical (unpaired) electrons. The van der Waals surface area contributed by atoms with E-state index >= 15 is 0 Å². The molecule has 6 aromatic rings. The van der Waals surface area contributed by atoms with Crippen LogP contribution < -0.4 is 0 Å². The van der Waals surface area contributed by atoms with Gasteiger partial charge >= 0.3 is 0 Å². The molecule has 158 valence electrons. The van der Waals surface area contributed by atoms with Crippen LogP contribution in [0.1, 0.15) is 22.6 Å².